The maximum absolute atomic E-state index is 2.38. The van der Waals surface area contributed by atoms with Gasteiger partial charge in [-0.2, -0.15) is 0 Å². The molecule has 0 nitrogen and oxygen atoms in total. The van der Waals surface area contributed by atoms with Crippen LogP contribution < -0.4 is 0 Å². The smallest absolute Gasteiger partial charge is 0.0433 e. The SMILES string of the molecule is c1ccc(-c2c3ccccc3c(-c3cccc(-c4cccc5c4sc4ccccc45)c3)c3ccccc23)cc1. The van der Waals surface area contributed by atoms with Gasteiger partial charge in [0.25, 0.3) is 0 Å². The normalized spacial score (nSPS) is 11.6. The molecule has 0 radical (unpaired) electrons. The van der Waals surface area contributed by atoms with Gasteiger partial charge >= 0.3 is 0 Å². The van der Waals surface area contributed by atoms with E-state index in [-0.39, 0.29) is 0 Å². The molecular formula is C38H24S. The minimum absolute atomic E-state index is 1.25. The zero-order valence-electron chi connectivity index (χ0n) is 21.3. The topological polar surface area (TPSA) is 0 Å². The minimum Gasteiger partial charge on any atom is -0.135 e. The molecule has 0 aliphatic carbocycles. The van der Waals surface area contributed by atoms with E-state index in [0.717, 1.165) is 0 Å². The standard InChI is InChI=1S/C38H24S/c1-2-12-25(13-3-1)36-30-17-4-6-19-32(30)37(33-20-7-5-18-31(33)36)27-15-10-14-26(24-27)28-21-11-22-34-29-16-8-9-23-35(29)39-38(28)34/h1-24H. The van der Waals surface area contributed by atoms with Gasteiger partial charge in [-0.1, -0.05) is 133 Å². The monoisotopic (exact) mass is 512 g/mol. The van der Waals surface area contributed by atoms with Crippen LogP contribution in [0.1, 0.15) is 0 Å². The van der Waals surface area contributed by atoms with Gasteiger partial charge in [0.05, 0.1) is 0 Å². The second-order valence-electron chi connectivity index (χ2n) is 10.1. The summed E-state index contributed by atoms with van der Waals surface area (Å²) in [6.07, 6.45) is 0. The third kappa shape index (κ3) is 3.51. The van der Waals surface area contributed by atoms with Gasteiger partial charge in [-0.05, 0) is 67.1 Å². The Morgan fingerprint density at radius 3 is 1.51 bits per heavy atom. The van der Waals surface area contributed by atoms with Crippen LogP contribution in [0, 0.1) is 0 Å². The maximum atomic E-state index is 2.38. The number of hydrogen-bond acceptors (Lipinski definition) is 1. The summed E-state index contributed by atoms with van der Waals surface area (Å²) in [5.41, 5.74) is 7.65. The average molecular weight is 513 g/mol. The molecule has 0 bridgehead atoms. The van der Waals surface area contributed by atoms with Gasteiger partial charge < -0.3 is 0 Å². The molecule has 0 aliphatic rings. The number of rotatable bonds is 3. The number of fused-ring (bicyclic) bond motifs is 5. The van der Waals surface area contributed by atoms with E-state index in [2.05, 4.69) is 146 Å². The van der Waals surface area contributed by atoms with Crippen LogP contribution in [0.2, 0.25) is 0 Å². The molecule has 7 aromatic carbocycles. The molecule has 0 amide bonds. The Hall–Kier alpha value is -4.72. The summed E-state index contributed by atoms with van der Waals surface area (Å²) >= 11 is 1.89. The third-order valence-electron chi connectivity index (χ3n) is 7.86. The number of thiophene rings is 1. The fourth-order valence-electron chi connectivity index (χ4n) is 6.17. The van der Waals surface area contributed by atoms with E-state index in [1.54, 1.807) is 0 Å². The summed E-state index contributed by atoms with van der Waals surface area (Å²) in [4.78, 5) is 0. The fourth-order valence-corrected chi connectivity index (χ4v) is 7.41. The molecule has 0 spiro atoms. The van der Waals surface area contributed by atoms with Crippen molar-refractivity contribution in [1.29, 1.82) is 0 Å². The van der Waals surface area contributed by atoms with E-state index < -0.39 is 0 Å². The van der Waals surface area contributed by atoms with Gasteiger partial charge in [-0.3, -0.25) is 0 Å². The predicted molar refractivity (Wildman–Crippen MR) is 171 cm³/mol. The Morgan fingerprint density at radius 1 is 0.333 bits per heavy atom. The number of benzene rings is 7. The van der Waals surface area contributed by atoms with Gasteiger partial charge in [0.1, 0.15) is 0 Å². The fraction of sp³-hybridized carbons (Fsp3) is 0. The van der Waals surface area contributed by atoms with Crippen molar-refractivity contribution in [1.82, 2.24) is 0 Å². The van der Waals surface area contributed by atoms with Crippen molar-refractivity contribution < 1.29 is 0 Å². The molecule has 1 aromatic heterocycles. The molecule has 0 aliphatic heterocycles. The number of hydrogen-bond donors (Lipinski definition) is 0. The Kier molecular flexibility index (Phi) is 5.11. The van der Waals surface area contributed by atoms with Gasteiger partial charge in [0, 0.05) is 20.2 Å². The predicted octanol–water partition coefficient (Wildman–Crippen LogP) is 11.4. The molecule has 0 unspecified atom stereocenters. The largest absolute Gasteiger partial charge is 0.135 e. The molecular weight excluding hydrogens is 488 g/mol. The van der Waals surface area contributed by atoms with Crippen molar-refractivity contribution in [2.45, 2.75) is 0 Å². The van der Waals surface area contributed by atoms with Crippen molar-refractivity contribution in [2.24, 2.45) is 0 Å². The zero-order valence-corrected chi connectivity index (χ0v) is 22.1. The first-order valence-corrected chi connectivity index (χ1v) is 14.2. The van der Waals surface area contributed by atoms with Gasteiger partial charge in [-0.25, -0.2) is 0 Å². The first-order chi connectivity index (χ1) is 19.4. The molecule has 1 heteroatoms. The lowest BCUT2D eigenvalue weighted by Crippen LogP contribution is -1.91. The van der Waals surface area contributed by atoms with Gasteiger partial charge in [-0.15, -0.1) is 11.3 Å². The Morgan fingerprint density at radius 2 is 0.821 bits per heavy atom. The zero-order chi connectivity index (χ0) is 25.8. The third-order valence-corrected chi connectivity index (χ3v) is 9.08. The first kappa shape index (κ1) is 22.3. The van der Waals surface area contributed by atoms with E-state index in [9.17, 15) is 0 Å². The quantitative estimate of drug-likeness (QED) is 0.207. The molecule has 0 fully saturated rings. The van der Waals surface area contributed by atoms with Crippen molar-refractivity contribution in [3.8, 4) is 33.4 Å². The summed E-state index contributed by atoms with van der Waals surface area (Å²) in [5, 5.41) is 7.81. The Labute approximate surface area is 231 Å². The lowest BCUT2D eigenvalue weighted by Gasteiger charge is -2.18. The van der Waals surface area contributed by atoms with E-state index in [1.807, 2.05) is 11.3 Å². The summed E-state index contributed by atoms with van der Waals surface area (Å²) in [7, 11) is 0. The molecule has 0 saturated carbocycles. The summed E-state index contributed by atoms with van der Waals surface area (Å²) in [6.45, 7) is 0. The molecule has 182 valence electrons. The highest BCUT2D eigenvalue weighted by molar-refractivity contribution is 7.26. The van der Waals surface area contributed by atoms with Crippen molar-refractivity contribution >= 4 is 53.1 Å². The van der Waals surface area contributed by atoms with E-state index in [4.69, 9.17) is 0 Å². The molecule has 39 heavy (non-hydrogen) atoms. The average Bonchev–Trinajstić information content (AvgIpc) is 3.39. The molecule has 0 atom stereocenters. The highest BCUT2D eigenvalue weighted by Crippen LogP contribution is 2.45. The van der Waals surface area contributed by atoms with Crippen LogP contribution in [0.3, 0.4) is 0 Å². The van der Waals surface area contributed by atoms with E-state index >= 15 is 0 Å². The van der Waals surface area contributed by atoms with Crippen LogP contribution in [0.4, 0.5) is 0 Å². The van der Waals surface area contributed by atoms with Gasteiger partial charge in [0.2, 0.25) is 0 Å². The van der Waals surface area contributed by atoms with E-state index in [0.29, 0.717) is 0 Å². The summed E-state index contributed by atoms with van der Waals surface area (Å²) < 4.78 is 2.69. The lowest BCUT2D eigenvalue weighted by molar-refractivity contribution is 1.64. The molecule has 8 rings (SSSR count). The second-order valence-corrected chi connectivity index (χ2v) is 11.1. The van der Waals surface area contributed by atoms with Crippen LogP contribution in [0.15, 0.2) is 146 Å². The van der Waals surface area contributed by atoms with Crippen LogP contribution in [0.5, 0.6) is 0 Å². The van der Waals surface area contributed by atoms with Crippen molar-refractivity contribution in [3.05, 3.63) is 146 Å². The summed E-state index contributed by atoms with van der Waals surface area (Å²) in [5.74, 6) is 0. The van der Waals surface area contributed by atoms with E-state index in [1.165, 1.54) is 75.1 Å². The maximum Gasteiger partial charge on any atom is 0.0433 e. The van der Waals surface area contributed by atoms with Gasteiger partial charge in [0.15, 0.2) is 0 Å². The molecule has 1 heterocycles. The highest BCUT2D eigenvalue weighted by Gasteiger charge is 2.17. The lowest BCUT2D eigenvalue weighted by atomic mass is 9.85. The van der Waals surface area contributed by atoms with Crippen LogP contribution in [-0.2, 0) is 0 Å². The van der Waals surface area contributed by atoms with Crippen molar-refractivity contribution in [3.63, 3.8) is 0 Å². The Bertz CT molecular complexity index is 2110. The minimum atomic E-state index is 1.25. The second kappa shape index (κ2) is 8.94. The highest BCUT2D eigenvalue weighted by atomic mass is 32.1. The molecule has 0 saturated heterocycles. The van der Waals surface area contributed by atoms with Crippen LogP contribution in [0.25, 0.3) is 75.1 Å². The molecule has 8 aromatic rings. The van der Waals surface area contributed by atoms with Crippen molar-refractivity contribution in [2.75, 3.05) is 0 Å². The first-order valence-electron chi connectivity index (χ1n) is 13.4. The molecule has 0 N–H and O–H groups in total. The van der Waals surface area contributed by atoms with Crippen LogP contribution in [-0.4, -0.2) is 0 Å². The Balaban J connectivity index is 1.42. The van der Waals surface area contributed by atoms with Crippen LogP contribution >= 0.6 is 11.3 Å². The summed E-state index contributed by atoms with van der Waals surface area (Å²) in [6, 6.07) is 53.1.